The third kappa shape index (κ3) is 5.07. The molecule has 1 N–H and O–H groups in total. The van der Waals surface area contributed by atoms with E-state index in [4.69, 9.17) is 9.72 Å². The predicted molar refractivity (Wildman–Crippen MR) is 133 cm³/mol. The molecule has 0 radical (unpaired) electrons. The zero-order chi connectivity index (χ0) is 22.5. The van der Waals surface area contributed by atoms with Gasteiger partial charge in [-0.2, -0.15) is 0 Å². The van der Waals surface area contributed by atoms with Crippen molar-refractivity contribution in [2.45, 2.75) is 12.8 Å². The number of benzene rings is 3. The average Bonchev–Trinajstić information content (AvgIpc) is 3.39. The molecule has 3 aromatic carbocycles. The van der Waals surface area contributed by atoms with Crippen LogP contribution in [0.1, 0.15) is 12.8 Å². The van der Waals surface area contributed by atoms with Crippen LogP contribution in [0.2, 0.25) is 0 Å². The van der Waals surface area contributed by atoms with Gasteiger partial charge in [0.2, 0.25) is 0 Å². The number of aromatic hydroxyl groups is 1. The lowest BCUT2D eigenvalue weighted by Gasteiger charge is -2.15. The molecule has 166 valence electrons. The lowest BCUT2D eigenvalue weighted by atomic mass is 9.97. The number of phenolic OH excluding ortho intramolecular Hbond substituents is 1. The maximum atomic E-state index is 9.72. The summed E-state index contributed by atoms with van der Waals surface area (Å²) in [6.45, 7) is 4.06. The van der Waals surface area contributed by atoms with E-state index in [1.807, 2.05) is 42.5 Å². The van der Waals surface area contributed by atoms with E-state index in [1.165, 1.54) is 25.9 Å². The predicted octanol–water partition coefficient (Wildman–Crippen LogP) is 6.26. The first-order chi connectivity index (χ1) is 16.3. The van der Waals surface area contributed by atoms with E-state index in [2.05, 4.69) is 41.3 Å². The zero-order valence-corrected chi connectivity index (χ0v) is 18.7. The number of hydrogen-bond donors (Lipinski definition) is 1. The van der Waals surface area contributed by atoms with Crippen molar-refractivity contribution in [2.24, 2.45) is 0 Å². The third-order valence-corrected chi connectivity index (χ3v) is 6.15. The number of nitrogens with zero attached hydrogens (tertiary/aromatic N) is 2. The van der Waals surface area contributed by atoms with Crippen molar-refractivity contribution in [1.82, 2.24) is 9.88 Å². The van der Waals surface area contributed by atoms with Crippen LogP contribution < -0.4 is 4.74 Å². The molecular formula is C29H28N2O2. The highest BCUT2D eigenvalue weighted by Crippen LogP contribution is 2.34. The Balaban J connectivity index is 1.43. The van der Waals surface area contributed by atoms with Gasteiger partial charge in [-0.05, 0) is 74.0 Å². The van der Waals surface area contributed by atoms with Crippen molar-refractivity contribution in [2.75, 3.05) is 26.2 Å². The highest BCUT2D eigenvalue weighted by Gasteiger charge is 2.13. The largest absolute Gasteiger partial charge is 0.508 e. The first-order valence-electron chi connectivity index (χ1n) is 11.6. The Kier molecular flexibility index (Phi) is 6.36. The summed E-state index contributed by atoms with van der Waals surface area (Å²) in [6.07, 6.45) is 2.60. The Morgan fingerprint density at radius 3 is 2.15 bits per heavy atom. The van der Waals surface area contributed by atoms with Crippen LogP contribution >= 0.6 is 0 Å². The second-order valence-corrected chi connectivity index (χ2v) is 8.43. The fourth-order valence-electron chi connectivity index (χ4n) is 4.33. The summed E-state index contributed by atoms with van der Waals surface area (Å²) >= 11 is 0. The van der Waals surface area contributed by atoms with E-state index in [1.54, 1.807) is 12.1 Å². The maximum absolute atomic E-state index is 9.72. The number of aromatic nitrogens is 1. The van der Waals surface area contributed by atoms with E-state index >= 15 is 0 Å². The molecule has 0 aliphatic carbocycles. The molecule has 1 aromatic heterocycles. The Morgan fingerprint density at radius 2 is 1.42 bits per heavy atom. The molecule has 4 nitrogen and oxygen atoms in total. The minimum Gasteiger partial charge on any atom is -0.508 e. The van der Waals surface area contributed by atoms with Crippen molar-refractivity contribution < 1.29 is 9.84 Å². The van der Waals surface area contributed by atoms with Crippen molar-refractivity contribution in [3.63, 3.8) is 0 Å². The van der Waals surface area contributed by atoms with Gasteiger partial charge in [-0.25, -0.2) is 4.98 Å². The number of hydrogen-bond acceptors (Lipinski definition) is 4. The van der Waals surface area contributed by atoms with Gasteiger partial charge in [0, 0.05) is 23.2 Å². The molecule has 1 aliphatic rings. The Labute approximate surface area is 195 Å². The van der Waals surface area contributed by atoms with Crippen molar-refractivity contribution in [3.8, 4) is 45.1 Å². The summed E-state index contributed by atoms with van der Waals surface area (Å²) in [5, 5.41) is 9.72. The van der Waals surface area contributed by atoms with Crippen LogP contribution in [0.15, 0.2) is 91.0 Å². The molecule has 0 amide bonds. The fourth-order valence-corrected chi connectivity index (χ4v) is 4.33. The SMILES string of the molecule is Oc1ccc(-c2ccc(-c3ccccc3)nc2-c2ccc(OCCN3CCCC3)cc2)cc1. The van der Waals surface area contributed by atoms with Crippen LogP contribution in [0, 0.1) is 0 Å². The van der Waals surface area contributed by atoms with Gasteiger partial charge in [0.25, 0.3) is 0 Å². The molecule has 1 saturated heterocycles. The van der Waals surface area contributed by atoms with Gasteiger partial charge in [0.05, 0.1) is 11.4 Å². The maximum Gasteiger partial charge on any atom is 0.119 e. The quantitative estimate of drug-likeness (QED) is 0.371. The van der Waals surface area contributed by atoms with Crippen LogP contribution in [0.3, 0.4) is 0 Å². The topological polar surface area (TPSA) is 45.6 Å². The molecule has 1 fully saturated rings. The normalized spacial score (nSPS) is 13.8. The highest BCUT2D eigenvalue weighted by molar-refractivity contribution is 5.83. The van der Waals surface area contributed by atoms with Crippen molar-refractivity contribution in [1.29, 1.82) is 0 Å². The van der Waals surface area contributed by atoms with Crippen molar-refractivity contribution in [3.05, 3.63) is 91.0 Å². The molecule has 5 rings (SSSR count). The number of likely N-dealkylation sites (tertiary alicyclic amines) is 1. The molecule has 0 unspecified atom stereocenters. The molecule has 1 aliphatic heterocycles. The van der Waals surface area contributed by atoms with E-state index in [9.17, 15) is 5.11 Å². The summed E-state index contributed by atoms with van der Waals surface area (Å²) < 4.78 is 5.99. The van der Waals surface area contributed by atoms with Crippen LogP contribution in [0.25, 0.3) is 33.6 Å². The summed E-state index contributed by atoms with van der Waals surface area (Å²) in [4.78, 5) is 7.50. The van der Waals surface area contributed by atoms with Gasteiger partial charge in [0.1, 0.15) is 18.1 Å². The molecule has 4 heteroatoms. The van der Waals surface area contributed by atoms with Crippen LogP contribution in [-0.2, 0) is 0 Å². The van der Waals surface area contributed by atoms with E-state index < -0.39 is 0 Å². The second kappa shape index (κ2) is 9.88. The van der Waals surface area contributed by atoms with E-state index in [0.717, 1.165) is 45.9 Å². The van der Waals surface area contributed by atoms with Gasteiger partial charge >= 0.3 is 0 Å². The number of phenols is 1. The molecule has 0 saturated carbocycles. The molecule has 0 bridgehead atoms. The number of pyridine rings is 1. The molecule has 4 aromatic rings. The Hall–Kier alpha value is -3.63. The van der Waals surface area contributed by atoms with Gasteiger partial charge in [-0.3, -0.25) is 4.90 Å². The number of ether oxygens (including phenoxy) is 1. The molecule has 0 spiro atoms. The Bertz CT molecular complexity index is 1180. The van der Waals surface area contributed by atoms with Gasteiger partial charge in [-0.15, -0.1) is 0 Å². The number of rotatable bonds is 7. The molecular weight excluding hydrogens is 408 g/mol. The summed E-state index contributed by atoms with van der Waals surface area (Å²) in [6, 6.07) is 29.8. The van der Waals surface area contributed by atoms with Crippen LogP contribution in [0.5, 0.6) is 11.5 Å². The first-order valence-corrected chi connectivity index (χ1v) is 11.6. The van der Waals surface area contributed by atoms with Gasteiger partial charge in [0.15, 0.2) is 0 Å². The monoisotopic (exact) mass is 436 g/mol. The average molecular weight is 437 g/mol. The minimum atomic E-state index is 0.254. The first kappa shape index (κ1) is 21.2. The highest BCUT2D eigenvalue weighted by atomic mass is 16.5. The lowest BCUT2D eigenvalue weighted by Crippen LogP contribution is -2.25. The van der Waals surface area contributed by atoms with Crippen molar-refractivity contribution >= 4 is 0 Å². The fraction of sp³-hybridized carbons (Fsp3) is 0.207. The minimum absolute atomic E-state index is 0.254. The van der Waals surface area contributed by atoms with Gasteiger partial charge in [-0.1, -0.05) is 48.5 Å². The summed E-state index contributed by atoms with van der Waals surface area (Å²) in [7, 11) is 0. The van der Waals surface area contributed by atoms with Gasteiger partial charge < -0.3 is 9.84 Å². The molecule has 0 atom stereocenters. The summed E-state index contributed by atoms with van der Waals surface area (Å²) in [5.74, 6) is 1.13. The Morgan fingerprint density at radius 1 is 0.727 bits per heavy atom. The smallest absolute Gasteiger partial charge is 0.119 e. The zero-order valence-electron chi connectivity index (χ0n) is 18.7. The second-order valence-electron chi connectivity index (χ2n) is 8.43. The van der Waals surface area contributed by atoms with Crippen LogP contribution in [-0.4, -0.2) is 41.2 Å². The third-order valence-electron chi connectivity index (χ3n) is 6.15. The molecule has 2 heterocycles. The lowest BCUT2D eigenvalue weighted by molar-refractivity contribution is 0.238. The van der Waals surface area contributed by atoms with E-state index in [0.29, 0.717) is 6.61 Å². The molecule has 33 heavy (non-hydrogen) atoms. The summed E-state index contributed by atoms with van der Waals surface area (Å²) in [5.41, 5.74) is 5.99. The van der Waals surface area contributed by atoms with E-state index in [-0.39, 0.29) is 5.75 Å². The standard InChI is InChI=1S/C29H28N2O2/c32-25-12-8-22(9-13-25)27-16-17-28(23-6-2-1-3-7-23)30-29(27)24-10-14-26(15-11-24)33-21-20-31-18-4-5-19-31/h1-3,6-17,32H,4-5,18-21H2. The van der Waals surface area contributed by atoms with Crippen LogP contribution in [0.4, 0.5) is 0 Å².